The summed E-state index contributed by atoms with van der Waals surface area (Å²) in [4.78, 5) is 25.3. The van der Waals surface area contributed by atoms with E-state index in [0.29, 0.717) is 25.2 Å². The highest BCUT2D eigenvalue weighted by molar-refractivity contribution is 6.00. The first-order chi connectivity index (χ1) is 12.2. The Labute approximate surface area is 158 Å². The van der Waals surface area contributed by atoms with Crippen LogP contribution in [0.1, 0.15) is 66.2 Å². The van der Waals surface area contributed by atoms with Crippen LogP contribution in [0.2, 0.25) is 0 Å². The van der Waals surface area contributed by atoms with Gasteiger partial charge in [-0.05, 0) is 38.5 Å². The molecule has 4 atom stereocenters. The van der Waals surface area contributed by atoms with Gasteiger partial charge in [-0.2, -0.15) is 0 Å². The molecule has 4 heteroatoms. The second kappa shape index (κ2) is 8.18. The van der Waals surface area contributed by atoms with Gasteiger partial charge in [-0.3, -0.25) is 9.59 Å². The molecule has 2 aliphatic carbocycles. The van der Waals surface area contributed by atoms with Crippen LogP contribution in [0.15, 0.2) is 23.8 Å². The number of ketones is 2. The highest BCUT2D eigenvalue weighted by Gasteiger charge is 2.52. The van der Waals surface area contributed by atoms with Gasteiger partial charge >= 0.3 is 0 Å². The van der Waals surface area contributed by atoms with Crippen molar-refractivity contribution in [2.45, 2.75) is 72.3 Å². The maximum Gasteiger partial charge on any atom is 0.159 e. The van der Waals surface area contributed by atoms with Crippen molar-refractivity contribution in [3.8, 4) is 0 Å². The van der Waals surface area contributed by atoms with Crippen molar-refractivity contribution in [2.24, 2.45) is 16.7 Å². The van der Waals surface area contributed by atoms with Crippen LogP contribution in [0.3, 0.4) is 0 Å². The lowest BCUT2D eigenvalue weighted by molar-refractivity contribution is -0.144. The van der Waals surface area contributed by atoms with Crippen molar-refractivity contribution in [3.05, 3.63) is 23.8 Å². The third-order valence-electron chi connectivity index (χ3n) is 6.80. The van der Waals surface area contributed by atoms with E-state index in [9.17, 15) is 9.59 Å². The van der Waals surface area contributed by atoms with Crippen LogP contribution >= 0.6 is 0 Å². The molecule has 0 aromatic carbocycles. The average Bonchev–Trinajstić information content (AvgIpc) is 3.02. The van der Waals surface area contributed by atoms with E-state index < -0.39 is 10.8 Å². The molecule has 0 N–H and O–H groups in total. The van der Waals surface area contributed by atoms with Crippen LogP contribution in [0.5, 0.6) is 0 Å². The monoisotopic (exact) mass is 362 g/mol. The molecule has 0 radical (unpaired) electrons. The van der Waals surface area contributed by atoms with Gasteiger partial charge in [0.15, 0.2) is 5.78 Å². The minimum absolute atomic E-state index is 0.150. The maximum atomic E-state index is 12.7. The molecule has 0 amide bonds. The predicted octanol–water partition coefficient (Wildman–Crippen LogP) is 4.63. The van der Waals surface area contributed by atoms with E-state index >= 15 is 0 Å². The largest absolute Gasteiger partial charge is 0.359 e. The second-order valence-corrected chi connectivity index (χ2v) is 8.29. The molecule has 26 heavy (non-hydrogen) atoms. The molecule has 146 valence electrons. The van der Waals surface area contributed by atoms with Crippen molar-refractivity contribution in [3.63, 3.8) is 0 Å². The predicted molar refractivity (Wildman–Crippen MR) is 103 cm³/mol. The zero-order valence-corrected chi connectivity index (χ0v) is 17.0. The van der Waals surface area contributed by atoms with Gasteiger partial charge in [-0.15, -0.1) is 6.58 Å². The summed E-state index contributed by atoms with van der Waals surface area (Å²) < 4.78 is 11.3. The molecule has 2 rings (SSSR count). The smallest absolute Gasteiger partial charge is 0.159 e. The van der Waals surface area contributed by atoms with E-state index in [0.717, 1.165) is 24.8 Å². The maximum absolute atomic E-state index is 12.7. The summed E-state index contributed by atoms with van der Waals surface area (Å²) >= 11 is 0. The van der Waals surface area contributed by atoms with E-state index in [4.69, 9.17) is 9.47 Å². The molecule has 0 spiro atoms. The van der Waals surface area contributed by atoms with Gasteiger partial charge in [-0.1, -0.05) is 32.4 Å². The van der Waals surface area contributed by atoms with Crippen molar-refractivity contribution in [2.75, 3.05) is 13.9 Å². The summed E-state index contributed by atoms with van der Waals surface area (Å²) in [6.07, 6.45) is 5.96. The first-order valence-corrected chi connectivity index (χ1v) is 9.77. The Morgan fingerprint density at radius 3 is 2.69 bits per heavy atom. The molecule has 0 fully saturated rings. The van der Waals surface area contributed by atoms with E-state index in [-0.39, 0.29) is 24.5 Å². The molecule has 2 aliphatic rings. The Kier molecular flexibility index (Phi) is 6.62. The summed E-state index contributed by atoms with van der Waals surface area (Å²) in [6, 6.07) is 0. The van der Waals surface area contributed by atoms with E-state index in [1.54, 1.807) is 13.2 Å². The molecule has 0 aromatic rings. The van der Waals surface area contributed by atoms with Gasteiger partial charge in [0.05, 0.1) is 6.10 Å². The number of methoxy groups -OCH3 is 1. The Morgan fingerprint density at radius 1 is 1.42 bits per heavy atom. The number of hydrogen-bond acceptors (Lipinski definition) is 4. The molecular weight excluding hydrogens is 328 g/mol. The Morgan fingerprint density at radius 2 is 2.12 bits per heavy atom. The van der Waals surface area contributed by atoms with Crippen LogP contribution in [0.4, 0.5) is 0 Å². The Hall–Kier alpha value is -1.26. The molecule has 0 heterocycles. The average molecular weight is 363 g/mol. The highest BCUT2D eigenvalue weighted by atomic mass is 16.7. The number of allylic oxidation sites excluding steroid dienone is 2. The first-order valence-electron chi connectivity index (χ1n) is 9.77. The number of hydrogen-bond donors (Lipinski definition) is 0. The molecule has 0 saturated heterocycles. The molecule has 4 nitrogen and oxygen atoms in total. The summed E-state index contributed by atoms with van der Waals surface area (Å²) in [6.45, 7) is 12.2. The highest BCUT2D eigenvalue weighted by Crippen LogP contribution is 2.54. The lowest BCUT2D eigenvalue weighted by atomic mass is 9.59. The zero-order valence-electron chi connectivity index (χ0n) is 17.0. The molecular formula is C22H34O4. The Balaban J connectivity index is 2.47. The zero-order chi connectivity index (χ0) is 19.5. The molecule has 0 unspecified atom stereocenters. The number of ether oxygens (including phenoxy) is 2. The summed E-state index contributed by atoms with van der Waals surface area (Å²) in [5.74, 6) is 0.704. The van der Waals surface area contributed by atoms with Crippen molar-refractivity contribution in [1.29, 1.82) is 0 Å². The lowest BCUT2D eigenvalue weighted by Gasteiger charge is -2.48. The van der Waals surface area contributed by atoms with Crippen LogP contribution in [0, 0.1) is 16.7 Å². The van der Waals surface area contributed by atoms with Crippen molar-refractivity contribution >= 4 is 11.6 Å². The molecule has 0 bridgehead atoms. The van der Waals surface area contributed by atoms with Gasteiger partial charge in [-0.25, -0.2) is 0 Å². The van der Waals surface area contributed by atoms with Crippen molar-refractivity contribution in [1.82, 2.24) is 0 Å². The fourth-order valence-corrected chi connectivity index (χ4v) is 4.75. The molecule has 0 aromatic heterocycles. The van der Waals surface area contributed by atoms with E-state index in [1.807, 2.05) is 13.8 Å². The summed E-state index contributed by atoms with van der Waals surface area (Å²) in [7, 11) is 1.60. The number of Topliss-reactive ketones (excluding diaryl/α,β-unsaturated/α-hetero) is 2. The topological polar surface area (TPSA) is 52.6 Å². The Bertz CT molecular complexity index is 605. The van der Waals surface area contributed by atoms with E-state index in [1.165, 1.54) is 5.57 Å². The van der Waals surface area contributed by atoms with Crippen LogP contribution in [0.25, 0.3) is 0 Å². The van der Waals surface area contributed by atoms with Crippen LogP contribution in [-0.4, -0.2) is 31.6 Å². The quantitative estimate of drug-likeness (QED) is 0.443. The molecule has 0 saturated carbocycles. The third kappa shape index (κ3) is 3.59. The normalized spacial score (nSPS) is 29.3. The SMILES string of the molecule is C=C[C@](C)(C[C@@H](OCOC)[C@@]1(C)C2=C(CCC2=O)CC[C@@H]1C)C(=O)CC. The van der Waals surface area contributed by atoms with Crippen LogP contribution in [-0.2, 0) is 19.1 Å². The molecule has 0 aliphatic heterocycles. The standard InChI is InChI=1S/C22H34O4/c1-7-18(24)21(4,8-2)13-19(26-14-25-6)22(5)15(3)9-10-16-11-12-17(23)20(16)22/h8,15,19H,2,7,9-14H2,1,3-6H3/t15-,19+,21+,22-/m0/s1. The lowest BCUT2D eigenvalue weighted by Crippen LogP contribution is -2.48. The first kappa shape index (κ1) is 21.0. The van der Waals surface area contributed by atoms with Gasteiger partial charge < -0.3 is 9.47 Å². The number of carbonyl (C=O) groups excluding carboxylic acids is 2. The van der Waals surface area contributed by atoms with E-state index in [2.05, 4.69) is 20.4 Å². The third-order valence-corrected chi connectivity index (χ3v) is 6.80. The number of carbonyl (C=O) groups is 2. The van der Waals surface area contributed by atoms with Gasteiger partial charge in [0, 0.05) is 36.4 Å². The van der Waals surface area contributed by atoms with Gasteiger partial charge in [0.2, 0.25) is 0 Å². The van der Waals surface area contributed by atoms with Crippen LogP contribution < -0.4 is 0 Å². The fraction of sp³-hybridized carbons (Fsp3) is 0.727. The summed E-state index contributed by atoms with van der Waals surface area (Å²) in [5.41, 5.74) is 1.18. The number of rotatable bonds is 9. The minimum atomic E-state index is -0.671. The minimum Gasteiger partial charge on any atom is -0.359 e. The second-order valence-electron chi connectivity index (χ2n) is 8.29. The van der Waals surface area contributed by atoms with Gasteiger partial charge in [0.1, 0.15) is 12.6 Å². The summed E-state index contributed by atoms with van der Waals surface area (Å²) in [5, 5.41) is 0. The van der Waals surface area contributed by atoms with Gasteiger partial charge in [0.25, 0.3) is 0 Å². The fourth-order valence-electron chi connectivity index (χ4n) is 4.75. The van der Waals surface area contributed by atoms with Crippen molar-refractivity contribution < 1.29 is 19.1 Å².